The molecule has 0 aliphatic carbocycles. The fourth-order valence-corrected chi connectivity index (χ4v) is 2.58. The van der Waals surface area contributed by atoms with E-state index >= 15 is 0 Å². The molecule has 23 heavy (non-hydrogen) atoms. The van der Waals surface area contributed by atoms with Crippen molar-refractivity contribution >= 4 is 16.9 Å². The quantitative estimate of drug-likeness (QED) is 0.784. The van der Waals surface area contributed by atoms with Gasteiger partial charge in [0.15, 0.2) is 0 Å². The minimum Gasteiger partial charge on any atom is -0.497 e. The van der Waals surface area contributed by atoms with E-state index < -0.39 is 0 Å². The smallest absolute Gasteiger partial charge is 0.287 e. The Kier molecular flexibility index (Phi) is 4.06. The van der Waals surface area contributed by atoms with Crippen LogP contribution in [0.15, 0.2) is 52.9 Å². The third-order valence-electron chi connectivity index (χ3n) is 3.59. The highest BCUT2D eigenvalue weighted by atomic mass is 16.5. The average Bonchev–Trinajstić information content (AvgIpc) is 2.93. The second-order valence-corrected chi connectivity index (χ2v) is 5.66. The predicted molar refractivity (Wildman–Crippen MR) is 90.8 cm³/mol. The van der Waals surface area contributed by atoms with Gasteiger partial charge < -0.3 is 14.5 Å². The SMILES string of the molecule is COc1ccc2c(-c3ccccc3)c(C(=O)NC(C)C)oc2c1. The number of carbonyl (C=O) groups excluding carboxylic acids is 1. The first-order chi connectivity index (χ1) is 11.1. The molecule has 0 unspecified atom stereocenters. The summed E-state index contributed by atoms with van der Waals surface area (Å²) in [6.07, 6.45) is 0. The van der Waals surface area contributed by atoms with Gasteiger partial charge in [-0.1, -0.05) is 30.3 Å². The fourth-order valence-electron chi connectivity index (χ4n) is 2.58. The van der Waals surface area contributed by atoms with Gasteiger partial charge in [0.05, 0.1) is 7.11 Å². The van der Waals surface area contributed by atoms with Crippen molar-refractivity contribution in [3.8, 4) is 16.9 Å². The minimum atomic E-state index is -0.214. The van der Waals surface area contributed by atoms with Crippen molar-refractivity contribution in [3.63, 3.8) is 0 Å². The number of carbonyl (C=O) groups is 1. The summed E-state index contributed by atoms with van der Waals surface area (Å²) in [5.74, 6) is 0.809. The lowest BCUT2D eigenvalue weighted by molar-refractivity contribution is 0.0918. The molecule has 0 spiro atoms. The van der Waals surface area contributed by atoms with Crippen LogP contribution in [0.5, 0.6) is 5.75 Å². The van der Waals surface area contributed by atoms with Gasteiger partial charge in [-0.05, 0) is 31.5 Å². The van der Waals surface area contributed by atoms with Crippen LogP contribution in [0.3, 0.4) is 0 Å². The number of benzene rings is 2. The summed E-state index contributed by atoms with van der Waals surface area (Å²) in [6.45, 7) is 3.84. The van der Waals surface area contributed by atoms with Crippen LogP contribution in [0.25, 0.3) is 22.1 Å². The number of nitrogens with one attached hydrogen (secondary N) is 1. The van der Waals surface area contributed by atoms with Crippen LogP contribution >= 0.6 is 0 Å². The lowest BCUT2D eigenvalue weighted by atomic mass is 10.0. The standard InChI is InChI=1S/C19H19NO3/c1-12(2)20-19(21)18-17(13-7-5-4-6-8-13)15-10-9-14(22-3)11-16(15)23-18/h4-12H,1-3H3,(H,20,21). The highest BCUT2D eigenvalue weighted by Gasteiger charge is 2.22. The average molecular weight is 309 g/mol. The van der Waals surface area contributed by atoms with Gasteiger partial charge in [0, 0.05) is 23.1 Å². The lowest BCUT2D eigenvalue weighted by Gasteiger charge is -2.08. The third kappa shape index (κ3) is 2.93. The van der Waals surface area contributed by atoms with Crippen molar-refractivity contribution in [2.75, 3.05) is 7.11 Å². The maximum atomic E-state index is 12.5. The highest BCUT2D eigenvalue weighted by Crippen LogP contribution is 2.36. The first-order valence-electron chi connectivity index (χ1n) is 7.57. The molecule has 118 valence electrons. The first kappa shape index (κ1) is 15.2. The van der Waals surface area contributed by atoms with Crippen molar-refractivity contribution in [3.05, 3.63) is 54.3 Å². The molecule has 0 fully saturated rings. The molecule has 1 N–H and O–H groups in total. The van der Waals surface area contributed by atoms with Crippen molar-refractivity contribution in [1.82, 2.24) is 5.32 Å². The van der Waals surface area contributed by atoms with E-state index in [1.165, 1.54) is 0 Å². The summed E-state index contributed by atoms with van der Waals surface area (Å²) in [7, 11) is 1.61. The van der Waals surface area contributed by atoms with E-state index in [9.17, 15) is 4.79 Å². The predicted octanol–water partition coefficient (Wildman–Crippen LogP) is 4.25. The molecular formula is C19H19NO3. The van der Waals surface area contributed by atoms with Crippen LogP contribution < -0.4 is 10.1 Å². The molecule has 1 heterocycles. The fraction of sp³-hybridized carbons (Fsp3) is 0.211. The van der Waals surface area contributed by atoms with Gasteiger partial charge in [-0.15, -0.1) is 0 Å². The molecule has 3 rings (SSSR count). The molecule has 1 amide bonds. The van der Waals surface area contributed by atoms with Gasteiger partial charge in [-0.3, -0.25) is 4.79 Å². The molecule has 0 atom stereocenters. The van der Waals surface area contributed by atoms with Crippen molar-refractivity contribution in [2.45, 2.75) is 19.9 Å². The molecule has 0 radical (unpaired) electrons. The van der Waals surface area contributed by atoms with E-state index in [2.05, 4.69) is 5.32 Å². The van der Waals surface area contributed by atoms with Crippen LogP contribution in [-0.2, 0) is 0 Å². The number of ether oxygens (including phenoxy) is 1. The van der Waals surface area contributed by atoms with Crippen molar-refractivity contribution in [2.24, 2.45) is 0 Å². The number of amides is 1. The van der Waals surface area contributed by atoms with E-state index in [1.54, 1.807) is 13.2 Å². The largest absolute Gasteiger partial charge is 0.497 e. The Morgan fingerprint density at radius 2 is 1.87 bits per heavy atom. The summed E-state index contributed by atoms with van der Waals surface area (Å²) < 4.78 is 11.1. The molecule has 2 aromatic carbocycles. The number of methoxy groups -OCH3 is 1. The molecule has 0 aliphatic rings. The Labute approximate surface area is 135 Å². The van der Waals surface area contributed by atoms with E-state index in [-0.39, 0.29) is 11.9 Å². The Bertz CT molecular complexity index is 834. The van der Waals surface area contributed by atoms with Crippen LogP contribution in [0, 0.1) is 0 Å². The maximum Gasteiger partial charge on any atom is 0.287 e. The summed E-state index contributed by atoms with van der Waals surface area (Å²) in [5.41, 5.74) is 2.39. The Balaban J connectivity index is 2.22. The second kappa shape index (κ2) is 6.16. The van der Waals surface area contributed by atoms with Crippen LogP contribution in [-0.4, -0.2) is 19.1 Å². The number of hydrogen-bond acceptors (Lipinski definition) is 3. The van der Waals surface area contributed by atoms with Gasteiger partial charge in [-0.25, -0.2) is 0 Å². The van der Waals surface area contributed by atoms with Crippen molar-refractivity contribution < 1.29 is 13.9 Å². The van der Waals surface area contributed by atoms with Gasteiger partial charge >= 0.3 is 0 Å². The minimum absolute atomic E-state index is 0.0360. The molecule has 4 heteroatoms. The Morgan fingerprint density at radius 3 is 2.52 bits per heavy atom. The molecule has 4 nitrogen and oxygen atoms in total. The van der Waals surface area contributed by atoms with Gasteiger partial charge in [-0.2, -0.15) is 0 Å². The van der Waals surface area contributed by atoms with E-state index in [0.717, 1.165) is 16.5 Å². The van der Waals surface area contributed by atoms with Gasteiger partial charge in [0.2, 0.25) is 5.76 Å². The van der Waals surface area contributed by atoms with Gasteiger partial charge in [0.1, 0.15) is 11.3 Å². The van der Waals surface area contributed by atoms with Gasteiger partial charge in [0.25, 0.3) is 5.91 Å². The summed E-state index contributed by atoms with van der Waals surface area (Å²) in [6, 6.07) is 15.4. The maximum absolute atomic E-state index is 12.5. The van der Waals surface area contributed by atoms with Crippen LogP contribution in [0.2, 0.25) is 0 Å². The number of furan rings is 1. The molecule has 0 aliphatic heterocycles. The third-order valence-corrected chi connectivity index (χ3v) is 3.59. The van der Waals surface area contributed by atoms with Crippen LogP contribution in [0.1, 0.15) is 24.4 Å². The molecule has 0 bridgehead atoms. The summed E-state index contributed by atoms with van der Waals surface area (Å²) in [5, 5.41) is 3.79. The second-order valence-electron chi connectivity index (χ2n) is 5.66. The summed E-state index contributed by atoms with van der Waals surface area (Å²) >= 11 is 0. The topological polar surface area (TPSA) is 51.5 Å². The molecule has 0 saturated carbocycles. The first-order valence-corrected chi connectivity index (χ1v) is 7.57. The normalized spacial score (nSPS) is 11.0. The molecule has 1 aromatic heterocycles. The zero-order valence-electron chi connectivity index (χ0n) is 13.4. The van der Waals surface area contributed by atoms with E-state index in [4.69, 9.17) is 9.15 Å². The summed E-state index contributed by atoms with van der Waals surface area (Å²) in [4.78, 5) is 12.5. The highest BCUT2D eigenvalue weighted by molar-refractivity contribution is 6.08. The molecule has 0 saturated heterocycles. The zero-order valence-corrected chi connectivity index (χ0v) is 13.4. The monoisotopic (exact) mass is 309 g/mol. The number of rotatable bonds is 4. The molecule has 3 aromatic rings. The van der Waals surface area contributed by atoms with Crippen LogP contribution in [0.4, 0.5) is 0 Å². The Hall–Kier alpha value is -2.75. The number of fused-ring (bicyclic) bond motifs is 1. The lowest BCUT2D eigenvalue weighted by Crippen LogP contribution is -2.30. The van der Waals surface area contributed by atoms with E-state index in [1.807, 2.05) is 56.3 Å². The Morgan fingerprint density at radius 1 is 1.13 bits per heavy atom. The number of hydrogen-bond donors (Lipinski definition) is 1. The molecular weight excluding hydrogens is 290 g/mol. The van der Waals surface area contributed by atoms with E-state index in [0.29, 0.717) is 17.1 Å². The van der Waals surface area contributed by atoms with Crippen molar-refractivity contribution in [1.29, 1.82) is 0 Å². The zero-order chi connectivity index (χ0) is 16.4.